The van der Waals surface area contributed by atoms with Crippen molar-refractivity contribution in [2.75, 3.05) is 0 Å². The predicted octanol–water partition coefficient (Wildman–Crippen LogP) is 4.90. The highest BCUT2D eigenvalue weighted by Crippen LogP contribution is 2.55. The van der Waals surface area contributed by atoms with Gasteiger partial charge in [-0.3, -0.25) is 0 Å². The number of halogens is 1. The van der Waals surface area contributed by atoms with Gasteiger partial charge in [0.1, 0.15) is 5.71 Å². The van der Waals surface area contributed by atoms with Gasteiger partial charge in [0.2, 0.25) is 0 Å². The molecule has 5 aliphatic carbocycles. The zero-order valence-electron chi connectivity index (χ0n) is 15.8. The minimum Gasteiger partial charge on any atom is -0.384 e. The van der Waals surface area contributed by atoms with E-state index in [4.69, 9.17) is 4.99 Å². The maximum Gasteiger partial charge on any atom is 0.156 e. The topological polar surface area (TPSA) is 53.1 Å². The van der Waals surface area contributed by atoms with Gasteiger partial charge in [-0.05, 0) is 93.1 Å². The van der Waals surface area contributed by atoms with Crippen LogP contribution in [0.1, 0.15) is 70.0 Å². The third kappa shape index (κ3) is 2.88. The summed E-state index contributed by atoms with van der Waals surface area (Å²) in [6.07, 6.45) is 19.5. The lowest BCUT2D eigenvalue weighted by Crippen LogP contribution is -2.57. The van der Waals surface area contributed by atoms with Gasteiger partial charge < -0.3 is 10.3 Å². The van der Waals surface area contributed by atoms with E-state index in [1.54, 1.807) is 0 Å². The Labute approximate surface area is 167 Å². The number of rotatable bonds is 3. The van der Waals surface area contributed by atoms with E-state index in [2.05, 4.69) is 21.5 Å². The molecule has 0 saturated heterocycles. The SMILES string of the molecule is C(NC12CC3CC(CC(C3)C1)C2)=C1N=C(c2ncc[nH]2)C2=C1CCCC2.Cl. The molecule has 0 unspecified atom stereocenters. The van der Waals surface area contributed by atoms with Crippen molar-refractivity contribution >= 4 is 18.1 Å². The predicted molar refractivity (Wildman–Crippen MR) is 110 cm³/mol. The van der Waals surface area contributed by atoms with Crippen LogP contribution in [0.15, 0.2) is 40.4 Å². The Morgan fingerprint density at radius 2 is 1.67 bits per heavy atom. The summed E-state index contributed by atoms with van der Waals surface area (Å²) in [4.78, 5) is 12.8. The molecular formula is C22H29ClN4. The lowest BCUT2D eigenvalue weighted by molar-refractivity contribution is -0.0130. The Hall–Kier alpha value is -1.55. The van der Waals surface area contributed by atoms with Gasteiger partial charge >= 0.3 is 0 Å². The van der Waals surface area contributed by atoms with Crippen molar-refractivity contribution in [2.24, 2.45) is 22.7 Å². The quantitative estimate of drug-likeness (QED) is 0.778. The minimum atomic E-state index is 0. The van der Waals surface area contributed by atoms with Crippen LogP contribution in [0.3, 0.4) is 0 Å². The zero-order chi connectivity index (χ0) is 17.1. The first kappa shape index (κ1) is 17.5. The number of aromatic amines is 1. The van der Waals surface area contributed by atoms with Crippen molar-refractivity contribution in [2.45, 2.75) is 69.7 Å². The Kier molecular flexibility index (Phi) is 4.23. The molecule has 0 amide bonds. The summed E-state index contributed by atoms with van der Waals surface area (Å²) in [5.74, 6) is 3.85. The lowest BCUT2D eigenvalue weighted by Gasteiger charge is -2.57. The van der Waals surface area contributed by atoms with E-state index < -0.39 is 0 Å². The van der Waals surface area contributed by atoms with Gasteiger partial charge in [-0.15, -0.1) is 12.4 Å². The highest BCUT2D eigenvalue weighted by atomic mass is 35.5. The van der Waals surface area contributed by atoms with Crippen LogP contribution in [0.2, 0.25) is 0 Å². The van der Waals surface area contributed by atoms with E-state index in [-0.39, 0.29) is 12.4 Å². The smallest absolute Gasteiger partial charge is 0.156 e. The van der Waals surface area contributed by atoms with E-state index in [0.29, 0.717) is 5.54 Å². The average Bonchev–Trinajstić information content (AvgIpc) is 3.27. The summed E-state index contributed by atoms with van der Waals surface area (Å²) in [6, 6.07) is 0. The summed E-state index contributed by atoms with van der Waals surface area (Å²) in [5, 5.41) is 3.93. The van der Waals surface area contributed by atoms with Gasteiger partial charge in [-0.1, -0.05) is 0 Å². The van der Waals surface area contributed by atoms with Crippen LogP contribution in [-0.2, 0) is 0 Å². The summed E-state index contributed by atoms with van der Waals surface area (Å²) < 4.78 is 0. The highest BCUT2D eigenvalue weighted by Gasteiger charge is 2.50. The fraction of sp³-hybridized carbons (Fsp3) is 0.636. The minimum absolute atomic E-state index is 0. The molecule has 5 heteroatoms. The molecule has 7 rings (SSSR count). The molecular weight excluding hydrogens is 356 g/mol. The molecule has 1 aliphatic heterocycles. The normalized spacial score (nSPS) is 38.0. The number of allylic oxidation sites excluding steroid dienone is 2. The summed E-state index contributed by atoms with van der Waals surface area (Å²) in [7, 11) is 0. The van der Waals surface area contributed by atoms with E-state index >= 15 is 0 Å². The van der Waals surface area contributed by atoms with Crippen LogP contribution in [0, 0.1) is 17.8 Å². The van der Waals surface area contributed by atoms with E-state index in [1.165, 1.54) is 68.2 Å². The van der Waals surface area contributed by atoms with Crippen LogP contribution >= 0.6 is 12.4 Å². The number of nitrogens with zero attached hydrogens (tertiary/aromatic N) is 2. The van der Waals surface area contributed by atoms with Crippen molar-refractivity contribution in [3.8, 4) is 0 Å². The second-order valence-corrected chi connectivity index (χ2v) is 9.43. The van der Waals surface area contributed by atoms with Crippen molar-refractivity contribution < 1.29 is 0 Å². The van der Waals surface area contributed by atoms with E-state index in [0.717, 1.165) is 42.1 Å². The van der Waals surface area contributed by atoms with Gasteiger partial charge in [0, 0.05) is 24.1 Å². The number of aliphatic imine (C=N–C) groups is 1. The molecule has 2 N–H and O–H groups in total. The fourth-order valence-corrected chi connectivity index (χ4v) is 6.92. The second kappa shape index (κ2) is 6.51. The molecule has 27 heavy (non-hydrogen) atoms. The van der Waals surface area contributed by atoms with Crippen molar-refractivity contribution in [3.05, 3.63) is 41.3 Å². The molecule has 1 aromatic rings. The number of H-pyrrole nitrogens is 1. The van der Waals surface area contributed by atoms with Crippen LogP contribution in [0.5, 0.6) is 0 Å². The Balaban J connectivity index is 0.00000160. The number of nitrogens with one attached hydrogen (secondary N) is 2. The maximum atomic E-state index is 5.04. The molecule has 2 heterocycles. The first-order chi connectivity index (χ1) is 12.8. The standard InChI is InChI=1S/C22H28N4.ClH/c1-2-4-18-17(3-1)19(26-20(18)21-23-5-6-24-21)13-25-22-10-14-7-15(11-22)9-16(8-14)12-22;/h5-6,13-16,25H,1-4,7-12H2,(H,23,24);1H. The van der Waals surface area contributed by atoms with Crippen LogP contribution in [0.4, 0.5) is 0 Å². The summed E-state index contributed by atoms with van der Waals surface area (Å²) in [5.41, 5.74) is 5.54. The maximum absolute atomic E-state index is 5.04. The summed E-state index contributed by atoms with van der Waals surface area (Å²) >= 11 is 0. The number of aromatic nitrogens is 2. The Morgan fingerprint density at radius 3 is 2.30 bits per heavy atom. The van der Waals surface area contributed by atoms with Gasteiger partial charge in [-0.2, -0.15) is 0 Å². The van der Waals surface area contributed by atoms with Crippen LogP contribution in [0.25, 0.3) is 0 Å². The molecule has 1 aromatic heterocycles. The molecule has 0 atom stereocenters. The highest BCUT2D eigenvalue weighted by molar-refractivity contribution is 6.14. The van der Waals surface area contributed by atoms with Gasteiger partial charge in [-0.25, -0.2) is 9.98 Å². The molecule has 0 radical (unpaired) electrons. The molecule has 144 valence electrons. The van der Waals surface area contributed by atoms with Crippen molar-refractivity contribution in [1.82, 2.24) is 15.3 Å². The first-order valence-corrected chi connectivity index (χ1v) is 10.6. The molecule has 0 aromatic carbocycles. The van der Waals surface area contributed by atoms with Gasteiger partial charge in [0.15, 0.2) is 5.82 Å². The molecule has 4 nitrogen and oxygen atoms in total. The first-order valence-electron chi connectivity index (χ1n) is 10.6. The lowest BCUT2D eigenvalue weighted by atomic mass is 9.53. The molecule has 0 spiro atoms. The summed E-state index contributed by atoms with van der Waals surface area (Å²) in [6.45, 7) is 0. The third-order valence-electron chi connectivity index (χ3n) is 7.57. The number of imidazole rings is 1. The fourth-order valence-electron chi connectivity index (χ4n) is 6.92. The monoisotopic (exact) mass is 384 g/mol. The Bertz CT molecular complexity index is 782. The Morgan fingerprint density at radius 1 is 1.00 bits per heavy atom. The van der Waals surface area contributed by atoms with Crippen molar-refractivity contribution in [1.29, 1.82) is 0 Å². The van der Waals surface area contributed by atoms with Crippen molar-refractivity contribution in [3.63, 3.8) is 0 Å². The number of hydrogen-bond acceptors (Lipinski definition) is 3. The van der Waals surface area contributed by atoms with Gasteiger partial charge in [0.05, 0.1) is 5.70 Å². The molecule has 6 aliphatic rings. The average molecular weight is 385 g/mol. The van der Waals surface area contributed by atoms with E-state index in [9.17, 15) is 0 Å². The van der Waals surface area contributed by atoms with Crippen LogP contribution < -0.4 is 5.32 Å². The third-order valence-corrected chi connectivity index (χ3v) is 7.57. The number of hydrogen-bond donors (Lipinski definition) is 2. The molecule has 4 saturated carbocycles. The molecule has 4 bridgehead atoms. The van der Waals surface area contributed by atoms with Gasteiger partial charge in [0.25, 0.3) is 0 Å². The van der Waals surface area contributed by atoms with E-state index in [1.807, 2.05) is 12.4 Å². The largest absolute Gasteiger partial charge is 0.384 e. The van der Waals surface area contributed by atoms with Crippen LogP contribution in [-0.4, -0.2) is 21.2 Å². The zero-order valence-corrected chi connectivity index (χ0v) is 16.7. The second-order valence-electron chi connectivity index (χ2n) is 9.43. The molecule has 4 fully saturated rings.